The maximum Gasteiger partial charge on any atom is 0.291 e. The smallest absolute Gasteiger partial charge is 0.291 e. The number of anilines is 1. The fraction of sp³-hybridized carbons (Fsp3) is 0.280. The molecular formula is C25H25N5O4. The van der Waals surface area contributed by atoms with Gasteiger partial charge in [0.1, 0.15) is 30.3 Å². The lowest BCUT2D eigenvalue weighted by Crippen LogP contribution is -2.53. The van der Waals surface area contributed by atoms with E-state index in [2.05, 4.69) is 27.2 Å². The summed E-state index contributed by atoms with van der Waals surface area (Å²) in [5, 5.41) is 16.4. The minimum atomic E-state index is -0.946. The first-order valence-electron chi connectivity index (χ1n) is 10.8. The molecule has 2 heterocycles. The molecule has 0 aliphatic carbocycles. The summed E-state index contributed by atoms with van der Waals surface area (Å²) in [6.07, 6.45) is 0.0777. The van der Waals surface area contributed by atoms with E-state index < -0.39 is 24.2 Å². The number of nitrogens with one attached hydrogen (secondary N) is 1. The van der Waals surface area contributed by atoms with Crippen LogP contribution in [-0.2, 0) is 11.3 Å². The number of hydrogen-bond donors (Lipinski definition) is 2. The second kappa shape index (κ2) is 9.77. The molecule has 0 saturated heterocycles. The summed E-state index contributed by atoms with van der Waals surface area (Å²) >= 11 is 0. The molecule has 1 unspecified atom stereocenters. The van der Waals surface area contributed by atoms with Crippen LogP contribution in [0.4, 0.5) is 5.69 Å². The van der Waals surface area contributed by atoms with Crippen molar-refractivity contribution in [3.05, 3.63) is 71.8 Å². The van der Waals surface area contributed by atoms with E-state index in [0.717, 1.165) is 5.56 Å². The van der Waals surface area contributed by atoms with E-state index in [4.69, 9.17) is 4.74 Å². The van der Waals surface area contributed by atoms with E-state index in [9.17, 15) is 14.7 Å². The van der Waals surface area contributed by atoms with E-state index >= 15 is 0 Å². The third kappa shape index (κ3) is 5.08. The first kappa shape index (κ1) is 23.0. The molecule has 2 amide bonds. The average Bonchev–Trinajstić information content (AvgIpc) is 3.27. The SMILES string of the molecule is CC(O)C#Cc1ccc2c(c1)N(C)C(=O)[C@@H](NC(=O)c1ncn(Cc3ccccc3)n1)[C@@H](C)O2. The van der Waals surface area contributed by atoms with Crippen molar-refractivity contribution in [3.63, 3.8) is 0 Å². The predicted molar refractivity (Wildman–Crippen MR) is 125 cm³/mol. The van der Waals surface area contributed by atoms with Crippen LogP contribution in [0.3, 0.4) is 0 Å². The number of nitrogens with zero attached hydrogens (tertiary/aromatic N) is 4. The number of carbonyl (C=O) groups excluding carboxylic acids is 2. The number of amides is 2. The van der Waals surface area contributed by atoms with Crippen molar-refractivity contribution in [3.8, 4) is 17.6 Å². The van der Waals surface area contributed by atoms with E-state index in [1.165, 1.54) is 11.2 Å². The Morgan fingerprint density at radius 2 is 2.03 bits per heavy atom. The van der Waals surface area contributed by atoms with Crippen LogP contribution >= 0.6 is 0 Å². The largest absolute Gasteiger partial charge is 0.486 e. The Morgan fingerprint density at radius 1 is 1.26 bits per heavy atom. The van der Waals surface area contributed by atoms with Gasteiger partial charge < -0.3 is 20.1 Å². The molecule has 3 aromatic rings. The topological polar surface area (TPSA) is 110 Å². The maximum absolute atomic E-state index is 13.2. The van der Waals surface area contributed by atoms with Gasteiger partial charge in [0.2, 0.25) is 5.82 Å². The van der Waals surface area contributed by atoms with Gasteiger partial charge in [-0.2, -0.15) is 0 Å². The van der Waals surface area contributed by atoms with Gasteiger partial charge in [-0.1, -0.05) is 42.2 Å². The fourth-order valence-corrected chi connectivity index (χ4v) is 3.57. The average molecular weight is 460 g/mol. The van der Waals surface area contributed by atoms with Gasteiger partial charge in [0.25, 0.3) is 11.8 Å². The molecule has 0 saturated carbocycles. The van der Waals surface area contributed by atoms with Crippen LogP contribution in [0.15, 0.2) is 54.9 Å². The first-order chi connectivity index (χ1) is 16.3. The van der Waals surface area contributed by atoms with Crippen molar-refractivity contribution < 1.29 is 19.4 Å². The molecule has 0 bridgehead atoms. The lowest BCUT2D eigenvalue weighted by molar-refractivity contribution is -0.121. The molecule has 0 spiro atoms. The Hall–Kier alpha value is -4.16. The molecule has 1 aliphatic heterocycles. The number of ether oxygens (including phenoxy) is 1. The Kier molecular flexibility index (Phi) is 6.61. The van der Waals surface area contributed by atoms with E-state index in [1.54, 1.807) is 43.8 Å². The van der Waals surface area contributed by atoms with Crippen molar-refractivity contribution in [2.24, 2.45) is 0 Å². The summed E-state index contributed by atoms with van der Waals surface area (Å²) < 4.78 is 7.56. The zero-order valence-electron chi connectivity index (χ0n) is 19.1. The zero-order valence-corrected chi connectivity index (χ0v) is 19.1. The Bertz CT molecular complexity index is 1260. The zero-order chi connectivity index (χ0) is 24.2. The maximum atomic E-state index is 13.2. The van der Waals surface area contributed by atoms with Crippen LogP contribution in [-0.4, -0.2) is 57.0 Å². The van der Waals surface area contributed by atoms with Crippen molar-refractivity contribution in [1.82, 2.24) is 20.1 Å². The lowest BCUT2D eigenvalue weighted by Gasteiger charge is -2.23. The Morgan fingerprint density at radius 3 is 2.76 bits per heavy atom. The molecule has 0 radical (unpaired) electrons. The minimum Gasteiger partial charge on any atom is -0.486 e. The van der Waals surface area contributed by atoms with E-state index in [0.29, 0.717) is 23.5 Å². The summed E-state index contributed by atoms with van der Waals surface area (Å²) in [5.41, 5.74) is 2.18. The molecule has 2 aromatic carbocycles. The molecule has 174 valence electrons. The molecule has 2 N–H and O–H groups in total. The molecule has 0 fully saturated rings. The third-order valence-electron chi connectivity index (χ3n) is 5.34. The van der Waals surface area contributed by atoms with Gasteiger partial charge in [-0.05, 0) is 37.6 Å². The highest BCUT2D eigenvalue weighted by Gasteiger charge is 2.36. The van der Waals surface area contributed by atoms with Gasteiger partial charge in [0.05, 0.1) is 12.2 Å². The quantitative estimate of drug-likeness (QED) is 0.574. The molecule has 1 aliphatic rings. The van der Waals surface area contributed by atoms with Gasteiger partial charge in [-0.15, -0.1) is 5.10 Å². The van der Waals surface area contributed by atoms with Crippen LogP contribution in [0.1, 0.15) is 35.6 Å². The summed E-state index contributed by atoms with van der Waals surface area (Å²) in [6.45, 7) is 3.76. The van der Waals surface area contributed by atoms with Gasteiger partial charge in [0.15, 0.2) is 0 Å². The van der Waals surface area contributed by atoms with E-state index in [-0.39, 0.29) is 11.7 Å². The number of aromatic nitrogens is 3. The molecule has 9 heteroatoms. The summed E-state index contributed by atoms with van der Waals surface area (Å²) in [4.78, 5) is 31.6. The first-order valence-corrected chi connectivity index (χ1v) is 10.8. The van der Waals surface area contributed by atoms with Crippen molar-refractivity contribution in [2.75, 3.05) is 11.9 Å². The lowest BCUT2D eigenvalue weighted by atomic mass is 10.1. The highest BCUT2D eigenvalue weighted by molar-refractivity contribution is 6.02. The van der Waals surface area contributed by atoms with Gasteiger partial charge in [-0.25, -0.2) is 9.67 Å². The second-order valence-electron chi connectivity index (χ2n) is 8.05. The molecule has 4 rings (SSSR count). The van der Waals surface area contributed by atoms with Gasteiger partial charge in [0, 0.05) is 12.6 Å². The number of hydrogen-bond acceptors (Lipinski definition) is 6. The Balaban J connectivity index is 1.50. The number of carbonyl (C=O) groups is 2. The van der Waals surface area contributed by atoms with Crippen LogP contribution < -0.4 is 15.0 Å². The van der Waals surface area contributed by atoms with Crippen molar-refractivity contribution in [2.45, 2.75) is 38.6 Å². The van der Waals surface area contributed by atoms with Crippen LogP contribution in [0.2, 0.25) is 0 Å². The third-order valence-corrected chi connectivity index (χ3v) is 5.34. The van der Waals surface area contributed by atoms with Crippen molar-refractivity contribution >= 4 is 17.5 Å². The van der Waals surface area contributed by atoms with Gasteiger partial charge in [-0.3, -0.25) is 9.59 Å². The van der Waals surface area contributed by atoms with Crippen molar-refractivity contribution in [1.29, 1.82) is 0 Å². The fourth-order valence-electron chi connectivity index (χ4n) is 3.57. The molecule has 3 atom stereocenters. The van der Waals surface area contributed by atoms with E-state index in [1.807, 2.05) is 30.3 Å². The van der Waals surface area contributed by atoms with Crippen LogP contribution in [0.5, 0.6) is 5.75 Å². The highest BCUT2D eigenvalue weighted by Crippen LogP contribution is 2.33. The number of aliphatic hydroxyl groups excluding tert-OH is 1. The number of aliphatic hydroxyl groups is 1. The summed E-state index contributed by atoms with van der Waals surface area (Å²) in [5.74, 6) is 5.09. The molecule has 34 heavy (non-hydrogen) atoms. The standard InChI is InChI=1S/C25H25N5O4/c1-16(31)9-10-18-11-12-21-20(13-18)29(3)25(33)22(17(2)34-21)27-24(32)23-26-15-30(28-23)14-19-7-5-4-6-8-19/h4-8,11-13,15-17,22,31H,14H2,1-3H3,(H,27,32)/t16?,17-,22+/m1/s1. The van der Waals surface area contributed by atoms with Gasteiger partial charge >= 0.3 is 0 Å². The highest BCUT2D eigenvalue weighted by atomic mass is 16.5. The monoisotopic (exact) mass is 459 g/mol. The molecule has 1 aromatic heterocycles. The number of benzene rings is 2. The Labute approximate surface area is 197 Å². The number of rotatable bonds is 4. The minimum absolute atomic E-state index is 0.0315. The second-order valence-corrected chi connectivity index (χ2v) is 8.05. The summed E-state index contributed by atoms with van der Waals surface area (Å²) in [6, 6.07) is 13.9. The van der Waals surface area contributed by atoms with Crippen LogP contribution in [0, 0.1) is 11.8 Å². The normalized spacial score (nSPS) is 18.1. The predicted octanol–water partition coefficient (Wildman–Crippen LogP) is 1.60. The van der Waals surface area contributed by atoms with Crippen LogP contribution in [0.25, 0.3) is 0 Å². The molecular weight excluding hydrogens is 434 g/mol. The number of likely N-dealkylation sites (N-methyl/N-ethyl adjacent to an activating group) is 1. The number of fused-ring (bicyclic) bond motifs is 1. The molecule has 9 nitrogen and oxygen atoms in total. The summed E-state index contributed by atoms with van der Waals surface area (Å²) in [7, 11) is 1.61.